The fourth-order valence-corrected chi connectivity index (χ4v) is 1.88. The minimum Gasteiger partial charge on any atom is -0.320 e. The van der Waals surface area contributed by atoms with Gasteiger partial charge in [0, 0.05) is 22.9 Å². The minimum absolute atomic E-state index is 0.155. The van der Waals surface area contributed by atoms with Gasteiger partial charge in [-0.3, -0.25) is 0 Å². The molecule has 1 aromatic heterocycles. The summed E-state index contributed by atoms with van der Waals surface area (Å²) < 4.78 is 0. The van der Waals surface area contributed by atoms with Crippen LogP contribution in [-0.2, 0) is 0 Å². The summed E-state index contributed by atoms with van der Waals surface area (Å²) in [6, 6.07) is 8.08. The van der Waals surface area contributed by atoms with Gasteiger partial charge in [0.25, 0.3) is 0 Å². The van der Waals surface area contributed by atoms with Crippen LogP contribution in [0.5, 0.6) is 0 Å². The largest absolute Gasteiger partial charge is 0.320 e. The first-order chi connectivity index (χ1) is 7.81. The third-order valence-electron chi connectivity index (χ3n) is 2.41. The molecule has 82 valence electrons. The number of rotatable bonds is 3. The Hall–Kier alpha value is -1.39. The van der Waals surface area contributed by atoms with Gasteiger partial charge in [0.1, 0.15) is 6.33 Å². The number of nitrogens with two attached hydrogens (primary N) is 1. The molecule has 0 saturated carbocycles. The Bertz CT molecular complexity index is 442. The highest BCUT2D eigenvalue weighted by Crippen LogP contribution is 2.21. The molecule has 16 heavy (non-hydrogen) atoms. The smallest absolute Gasteiger partial charge is 0.115 e. The molecule has 0 radical (unpaired) electrons. The third-order valence-corrected chi connectivity index (χ3v) is 3.16. The van der Waals surface area contributed by atoms with Gasteiger partial charge in [0.15, 0.2) is 0 Å². The van der Waals surface area contributed by atoms with Crippen molar-refractivity contribution in [3.63, 3.8) is 0 Å². The number of aromatic nitrogens is 2. The highest BCUT2D eigenvalue weighted by Gasteiger charge is 2.08. The predicted molar refractivity (Wildman–Crippen MR) is 66.3 cm³/mol. The Morgan fingerprint density at radius 1 is 1.06 bits per heavy atom. The zero-order chi connectivity index (χ0) is 11.4. The van der Waals surface area contributed by atoms with Crippen molar-refractivity contribution in [3.8, 4) is 0 Å². The molecule has 1 aromatic carbocycles. The van der Waals surface area contributed by atoms with E-state index >= 15 is 0 Å². The van der Waals surface area contributed by atoms with Crippen molar-refractivity contribution in [2.75, 3.05) is 6.26 Å². The van der Waals surface area contributed by atoms with Gasteiger partial charge in [-0.1, -0.05) is 12.1 Å². The lowest BCUT2D eigenvalue weighted by Crippen LogP contribution is -2.12. The van der Waals surface area contributed by atoms with Crippen molar-refractivity contribution < 1.29 is 0 Å². The second-order valence-corrected chi connectivity index (χ2v) is 4.30. The quantitative estimate of drug-likeness (QED) is 0.823. The molecule has 1 heterocycles. The van der Waals surface area contributed by atoms with Crippen LogP contribution in [0.4, 0.5) is 0 Å². The van der Waals surface area contributed by atoms with E-state index in [1.807, 2.05) is 12.1 Å². The zero-order valence-corrected chi connectivity index (χ0v) is 9.82. The van der Waals surface area contributed by atoms with Crippen LogP contribution in [-0.4, -0.2) is 16.2 Å². The van der Waals surface area contributed by atoms with Gasteiger partial charge in [-0.05, 0) is 24.0 Å². The standard InChI is InChI=1S/C12H13N3S/c1-16-11-4-2-9(3-5-11)12(13)10-6-14-8-15-7-10/h2-8,12H,13H2,1H3. The first-order valence-corrected chi connectivity index (χ1v) is 6.18. The predicted octanol–water partition coefficient (Wildman–Crippen LogP) is 2.25. The van der Waals surface area contributed by atoms with E-state index < -0.39 is 0 Å². The van der Waals surface area contributed by atoms with Crippen LogP contribution in [0, 0.1) is 0 Å². The molecule has 4 heteroatoms. The first-order valence-electron chi connectivity index (χ1n) is 4.95. The maximum absolute atomic E-state index is 6.12. The van der Waals surface area contributed by atoms with E-state index in [4.69, 9.17) is 5.73 Å². The molecule has 1 unspecified atom stereocenters. The molecule has 2 rings (SSSR count). The minimum atomic E-state index is -0.155. The van der Waals surface area contributed by atoms with Gasteiger partial charge in [0.2, 0.25) is 0 Å². The number of nitrogens with zero attached hydrogens (tertiary/aromatic N) is 2. The van der Waals surface area contributed by atoms with Gasteiger partial charge in [-0.2, -0.15) is 0 Å². The Morgan fingerprint density at radius 3 is 2.25 bits per heavy atom. The lowest BCUT2D eigenvalue weighted by atomic mass is 10.0. The summed E-state index contributed by atoms with van der Waals surface area (Å²) in [5, 5.41) is 0. The van der Waals surface area contributed by atoms with E-state index in [9.17, 15) is 0 Å². The van der Waals surface area contributed by atoms with E-state index in [0.29, 0.717) is 0 Å². The van der Waals surface area contributed by atoms with E-state index in [0.717, 1.165) is 11.1 Å². The van der Waals surface area contributed by atoms with Crippen molar-refractivity contribution in [2.45, 2.75) is 10.9 Å². The molecule has 0 saturated heterocycles. The Morgan fingerprint density at radius 2 is 1.69 bits per heavy atom. The average molecular weight is 231 g/mol. The lowest BCUT2D eigenvalue weighted by Gasteiger charge is -2.11. The number of benzene rings is 1. The molecule has 3 nitrogen and oxygen atoms in total. The van der Waals surface area contributed by atoms with Crippen molar-refractivity contribution >= 4 is 11.8 Å². The molecule has 0 aliphatic heterocycles. The van der Waals surface area contributed by atoms with Gasteiger partial charge < -0.3 is 5.73 Å². The molecule has 2 N–H and O–H groups in total. The molecule has 0 aliphatic rings. The Balaban J connectivity index is 2.24. The molecule has 0 fully saturated rings. The number of hydrogen-bond donors (Lipinski definition) is 1. The third kappa shape index (κ3) is 2.40. The second-order valence-electron chi connectivity index (χ2n) is 3.42. The van der Waals surface area contributed by atoms with Crippen molar-refractivity contribution in [2.24, 2.45) is 5.73 Å². The molecule has 0 spiro atoms. The van der Waals surface area contributed by atoms with Crippen LogP contribution < -0.4 is 5.73 Å². The topological polar surface area (TPSA) is 51.8 Å². The molecule has 0 amide bonds. The molecule has 1 atom stereocenters. The summed E-state index contributed by atoms with van der Waals surface area (Å²) in [6.45, 7) is 0. The van der Waals surface area contributed by atoms with E-state index in [1.54, 1.807) is 24.2 Å². The Labute approximate surface area is 99.1 Å². The molecular weight excluding hydrogens is 218 g/mol. The van der Waals surface area contributed by atoms with Crippen LogP contribution in [0.15, 0.2) is 47.9 Å². The zero-order valence-electron chi connectivity index (χ0n) is 9.00. The molecule has 0 bridgehead atoms. The van der Waals surface area contributed by atoms with Gasteiger partial charge >= 0.3 is 0 Å². The average Bonchev–Trinajstić information content (AvgIpc) is 2.39. The highest BCUT2D eigenvalue weighted by molar-refractivity contribution is 7.98. The monoisotopic (exact) mass is 231 g/mol. The van der Waals surface area contributed by atoms with E-state index in [1.165, 1.54) is 11.2 Å². The summed E-state index contributed by atoms with van der Waals surface area (Å²) >= 11 is 1.72. The van der Waals surface area contributed by atoms with Crippen LogP contribution >= 0.6 is 11.8 Å². The molecule has 2 aromatic rings. The van der Waals surface area contributed by atoms with Gasteiger partial charge in [0.05, 0.1) is 6.04 Å². The normalized spacial score (nSPS) is 12.4. The van der Waals surface area contributed by atoms with E-state index in [-0.39, 0.29) is 6.04 Å². The van der Waals surface area contributed by atoms with Crippen molar-refractivity contribution in [1.29, 1.82) is 0 Å². The van der Waals surface area contributed by atoms with E-state index in [2.05, 4.69) is 28.4 Å². The lowest BCUT2D eigenvalue weighted by molar-refractivity contribution is 0.849. The summed E-state index contributed by atoms with van der Waals surface area (Å²) in [5.41, 5.74) is 8.13. The number of thioether (sulfide) groups is 1. The summed E-state index contributed by atoms with van der Waals surface area (Å²) in [6.07, 6.45) is 7.06. The van der Waals surface area contributed by atoms with Crippen LogP contribution in [0.3, 0.4) is 0 Å². The van der Waals surface area contributed by atoms with Crippen molar-refractivity contribution in [3.05, 3.63) is 54.1 Å². The summed E-state index contributed by atoms with van der Waals surface area (Å²) in [5.74, 6) is 0. The van der Waals surface area contributed by atoms with Crippen LogP contribution in [0.2, 0.25) is 0 Å². The van der Waals surface area contributed by atoms with Crippen LogP contribution in [0.25, 0.3) is 0 Å². The second kappa shape index (κ2) is 5.09. The van der Waals surface area contributed by atoms with Gasteiger partial charge in [-0.25, -0.2) is 9.97 Å². The fourth-order valence-electron chi connectivity index (χ4n) is 1.47. The molecule has 0 aliphatic carbocycles. The maximum atomic E-state index is 6.12. The van der Waals surface area contributed by atoms with Crippen LogP contribution in [0.1, 0.15) is 17.2 Å². The summed E-state index contributed by atoms with van der Waals surface area (Å²) in [7, 11) is 0. The Kier molecular flexibility index (Phi) is 3.54. The SMILES string of the molecule is CSc1ccc(C(N)c2cncnc2)cc1. The number of hydrogen-bond acceptors (Lipinski definition) is 4. The maximum Gasteiger partial charge on any atom is 0.115 e. The van der Waals surface area contributed by atoms with Crippen molar-refractivity contribution in [1.82, 2.24) is 9.97 Å². The van der Waals surface area contributed by atoms with Gasteiger partial charge in [-0.15, -0.1) is 11.8 Å². The molecular formula is C12H13N3S. The first kappa shape index (κ1) is 11.1. The highest BCUT2D eigenvalue weighted by atomic mass is 32.2. The fraction of sp³-hybridized carbons (Fsp3) is 0.167. The summed E-state index contributed by atoms with van der Waals surface area (Å²) in [4.78, 5) is 9.18.